The van der Waals surface area contributed by atoms with Crippen molar-refractivity contribution in [1.82, 2.24) is 15.2 Å². The van der Waals surface area contributed by atoms with Crippen molar-refractivity contribution in [3.8, 4) is 0 Å². The highest BCUT2D eigenvalue weighted by Crippen LogP contribution is 2.25. The van der Waals surface area contributed by atoms with Gasteiger partial charge in [-0.1, -0.05) is 43.9 Å². The third-order valence-corrected chi connectivity index (χ3v) is 6.29. The second-order valence-electron chi connectivity index (χ2n) is 8.14. The molecule has 1 unspecified atom stereocenters. The van der Waals surface area contributed by atoms with Crippen molar-refractivity contribution in [3.05, 3.63) is 35.5 Å². The average Bonchev–Trinajstić information content (AvgIpc) is 3.09. The number of hydrogen-bond donors (Lipinski definition) is 2. The molecule has 4 rings (SSSR count). The van der Waals surface area contributed by atoms with Crippen LogP contribution >= 0.6 is 0 Å². The first-order valence-corrected chi connectivity index (χ1v) is 10.3. The highest BCUT2D eigenvalue weighted by Gasteiger charge is 2.29. The van der Waals surface area contributed by atoms with E-state index in [4.69, 9.17) is 0 Å². The van der Waals surface area contributed by atoms with E-state index in [0.29, 0.717) is 12.5 Å². The number of benzene rings is 1. The van der Waals surface area contributed by atoms with Gasteiger partial charge in [-0.25, -0.2) is 0 Å². The second kappa shape index (κ2) is 7.83. The first-order chi connectivity index (χ1) is 12.7. The van der Waals surface area contributed by atoms with Crippen molar-refractivity contribution in [1.29, 1.82) is 0 Å². The lowest BCUT2D eigenvalue weighted by Gasteiger charge is -2.26. The quantitative estimate of drug-likeness (QED) is 0.818. The predicted molar refractivity (Wildman–Crippen MR) is 106 cm³/mol. The third-order valence-electron chi connectivity index (χ3n) is 6.29. The van der Waals surface area contributed by atoms with Gasteiger partial charge in [0.1, 0.15) is 0 Å². The molecule has 0 radical (unpaired) electrons. The van der Waals surface area contributed by atoms with E-state index >= 15 is 0 Å². The van der Waals surface area contributed by atoms with Crippen LogP contribution in [0.1, 0.15) is 56.2 Å². The first kappa shape index (κ1) is 17.6. The summed E-state index contributed by atoms with van der Waals surface area (Å²) < 4.78 is 0. The fourth-order valence-electron chi connectivity index (χ4n) is 4.86. The summed E-state index contributed by atoms with van der Waals surface area (Å²) in [5.74, 6) is 0.158. The molecular weight excluding hydrogens is 322 g/mol. The summed E-state index contributed by atoms with van der Waals surface area (Å²) in [6, 6.07) is 9.31. The SMILES string of the molecule is Cc1[nH]c2ccccc2c1CC(=O)NC1CCN(C2CCCCCC2)C1. The Morgan fingerprint density at radius 1 is 1.15 bits per heavy atom. The standard InChI is InChI=1S/C22H31N3O/c1-16-20(19-10-6-7-11-21(19)23-16)14-22(26)24-17-12-13-25(15-17)18-8-4-2-3-5-9-18/h6-7,10-11,17-18,23H,2-5,8-9,12-15H2,1H3,(H,24,26). The molecule has 4 heteroatoms. The summed E-state index contributed by atoms with van der Waals surface area (Å²) in [7, 11) is 0. The Labute approximate surface area is 156 Å². The molecule has 1 aromatic heterocycles. The normalized spacial score (nSPS) is 22.6. The van der Waals surface area contributed by atoms with E-state index in [1.54, 1.807) is 0 Å². The van der Waals surface area contributed by atoms with E-state index in [1.165, 1.54) is 43.9 Å². The predicted octanol–water partition coefficient (Wildman–Crippen LogP) is 3.93. The number of hydrogen-bond acceptors (Lipinski definition) is 2. The molecule has 2 N–H and O–H groups in total. The molecule has 1 aromatic carbocycles. The lowest BCUT2D eigenvalue weighted by molar-refractivity contribution is -0.121. The summed E-state index contributed by atoms with van der Waals surface area (Å²) >= 11 is 0. The van der Waals surface area contributed by atoms with Gasteiger partial charge in [0.15, 0.2) is 0 Å². The van der Waals surface area contributed by atoms with Crippen LogP contribution in [0.3, 0.4) is 0 Å². The van der Waals surface area contributed by atoms with E-state index in [9.17, 15) is 4.79 Å². The smallest absolute Gasteiger partial charge is 0.224 e. The molecule has 2 aliphatic rings. The lowest BCUT2D eigenvalue weighted by atomic mass is 10.1. The highest BCUT2D eigenvalue weighted by molar-refractivity contribution is 5.90. The van der Waals surface area contributed by atoms with Gasteiger partial charge in [-0.2, -0.15) is 0 Å². The minimum absolute atomic E-state index is 0.158. The Hall–Kier alpha value is -1.81. The third kappa shape index (κ3) is 3.80. The minimum atomic E-state index is 0.158. The van der Waals surface area contributed by atoms with Crippen molar-refractivity contribution >= 4 is 16.8 Å². The summed E-state index contributed by atoms with van der Waals surface area (Å²) in [4.78, 5) is 18.7. The minimum Gasteiger partial charge on any atom is -0.358 e. The number of aromatic nitrogens is 1. The number of aryl methyl sites for hydroxylation is 1. The van der Waals surface area contributed by atoms with Crippen molar-refractivity contribution in [2.45, 2.75) is 70.4 Å². The highest BCUT2D eigenvalue weighted by atomic mass is 16.1. The van der Waals surface area contributed by atoms with Crippen LogP contribution in [0.2, 0.25) is 0 Å². The van der Waals surface area contributed by atoms with E-state index < -0.39 is 0 Å². The number of H-pyrrole nitrogens is 1. The van der Waals surface area contributed by atoms with Gasteiger partial charge >= 0.3 is 0 Å². The molecular formula is C22H31N3O. The number of carbonyl (C=O) groups excluding carboxylic acids is 1. The fraction of sp³-hybridized carbons (Fsp3) is 0.591. The van der Waals surface area contributed by atoms with Gasteiger partial charge in [-0.15, -0.1) is 0 Å². The van der Waals surface area contributed by atoms with Crippen molar-refractivity contribution in [2.75, 3.05) is 13.1 Å². The van der Waals surface area contributed by atoms with Crippen molar-refractivity contribution in [2.24, 2.45) is 0 Å². The maximum absolute atomic E-state index is 12.7. The molecule has 0 bridgehead atoms. The molecule has 1 amide bonds. The molecule has 1 aliphatic carbocycles. The number of nitrogens with zero attached hydrogens (tertiary/aromatic N) is 1. The number of likely N-dealkylation sites (tertiary alicyclic amines) is 1. The van der Waals surface area contributed by atoms with Gasteiger partial charge in [-0.05, 0) is 37.8 Å². The van der Waals surface area contributed by atoms with E-state index in [-0.39, 0.29) is 5.91 Å². The van der Waals surface area contributed by atoms with Crippen LogP contribution in [0, 0.1) is 6.92 Å². The summed E-state index contributed by atoms with van der Waals surface area (Å²) in [5, 5.41) is 4.47. The van der Waals surface area contributed by atoms with Crippen LogP contribution in [-0.2, 0) is 11.2 Å². The first-order valence-electron chi connectivity index (χ1n) is 10.3. The fourth-order valence-corrected chi connectivity index (χ4v) is 4.86. The number of carbonyl (C=O) groups is 1. The Bertz CT molecular complexity index is 758. The molecule has 4 nitrogen and oxygen atoms in total. The van der Waals surface area contributed by atoms with Crippen LogP contribution in [0.5, 0.6) is 0 Å². The number of nitrogens with one attached hydrogen (secondary N) is 2. The van der Waals surface area contributed by atoms with Gasteiger partial charge in [0, 0.05) is 41.8 Å². The Kier molecular flexibility index (Phi) is 5.30. The molecule has 2 fully saturated rings. The van der Waals surface area contributed by atoms with Crippen LogP contribution in [0.25, 0.3) is 10.9 Å². The van der Waals surface area contributed by atoms with Gasteiger partial charge in [-0.3, -0.25) is 9.69 Å². The van der Waals surface area contributed by atoms with Crippen molar-refractivity contribution < 1.29 is 4.79 Å². The molecule has 140 valence electrons. The molecule has 26 heavy (non-hydrogen) atoms. The number of para-hydroxylation sites is 1. The van der Waals surface area contributed by atoms with Gasteiger partial charge < -0.3 is 10.3 Å². The van der Waals surface area contributed by atoms with Crippen LogP contribution < -0.4 is 5.32 Å². The number of aromatic amines is 1. The summed E-state index contributed by atoms with van der Waals surface area (Å²) in [6.45, 7) is 4.23. The summed E-state index contributed by atoms with van der Waals surface area (Å²) in [5.41, 5.74) is 3.36. The number of fused-ring (bicyclic) bond motifs is 1. The Morgan fingerprint density at radius 2 is 1.92 bits per heavy atom. The van der Waals surface area contributed by atoms with E-state index in [2.05, 4.69) is 34.3 Å². The van der Waals surface area contributed by atoms with Crippen LogP contribution in [0.4, 0.5) is 0 Å². The zero-order valence-electron chi connectivity index (χ0n) is 15.9. The zero-order valence-corrected chi connectivity index (χ0v) is 15.9. The van der Waals surface area contributed by atoms with Gasteiger partial charge in [0.2, 0.25) is 5.91 Å². The van der Waals surface area contributed by atoms with E-state index in [0.717, 1.165) is 42.3 Å². The van der Waals surface area contributed by atoms with Gasteiger partial charge in [0.25, 0.3) is 0 Å². The maximum atomic E-state index is 12.7. The molecule has 1 saturated heterocycles. The average molecular weight is 354 g/mol. The van der Waals surface area contributed by atoms with E-state index in [1.807, 2.05) is 12.1 Å². The lowest BCUT2D eigenvalue weighted by Crippen LogP contribution is -2.40. The molecule has 1 aliphatic heterocycles. The van der Waals surface area contributed by atoms with Crippen LogP contribution in [0.15, 0.2) is 24.3 Å². The summed E-state index contributed by atoms with van der Waals surface area (Å²) in [6.07, 6.45) is 9.79. The number of rotatable bonds is 4. The molecule has 2 aromatic rings. The molecule has 1 atom stereocenters. The largest absolute Gasteiger partial charge is 0.358 e. The Balaban J connectivity index is 1.34. The van der Waals surface area contributed by atoms with Gasteiger partial charge in [0.05, 0.1) is 6.42 Å². The second-order valence-corrected chi connectivity index (χ2v) is 8.14. The number of amides is 1. The monoisotopic (exact) mass is 353 g/mol. The molecule has 2 heterocycles. The zero-order chi connectivity index (χ0) is 17.9. The maximum Gasteiger partial charge on any atom is 0.224 e. The van der Waals surface area contributed by atoms with Crippen molar-refractivity contribution in [3.63, 3.8) is 0 Å². The molecule has 1 saturated carbocycles. The topological polar surface area (TPSA) is 48.1 Å². The van der Waals surface area contributed by atoms with Crippen LogP contribution in [-0.4, -0.2) is 41.0 Å². The molecule has 0 spiro atoms. The Morgan fingerprint density at radius 3 is 2.73 bits per heavy atom.